The second-order valence-corrected chi connectivity index (χ2v) is 8.03. The summed E-state index contributed by atoms with van der Waals surface area (Å²) in [4.78, 5) is 21.3. The van der Waals surface area contributed by atoms with E-state index in [-0.39, 0.29) is 18.1 Å². The first kappa shape index (κ1) is 22.0. The van der Waals surface area contributed by atoms with Crippen molar-refractivity contribution in [1.29, 1.82) is 0 Å². The van der Waals surface area contributed by atoms with Gasteiger partial charge in [-0.25, -0.2) is 14.4 Å². The predicted octanol–water partition coefficient (Wildman–Crippen LogP) is 5.36. The maximum Gasteiger partial charge on any atom is 0.221 e. The van der Waals surface area contributed by atoms with Gasteiger partial charge < -0.3 is 14.3 Å². The summed E-state index contributed by atoms with van der Waals surface area (Å²) in [5.74, 6) is 0.988. The van der Waals surface area contributed by atoms with Crippen LogP contribution in [0.1, 0.15) is 29.7 Å². The smallest absolute Gasteiger partial charge is 0.221 e. The number of nitrogens with zero attached hydrogens (tertiary/aromatic N) is 3. The third kappa shape index (κ3) is 5.00. The fourth-order valence-corrected chi connectivity index (χ4v) is 3.80. The van der Waals surface area contributed by atoms with Gasteiger partial charge in [0.15, 0.2) is 11.7 Å². The van der Waals surface area contributed by atoms with Gasteiger partial charge >= 0.3 is 0 Å². The van der Waals surface area contributed by atoms with Gasteiger partial charge in [-0.15, -0.1) is 0 Å². The van der Waals surface area contributed by atoms with Crippen molar-refractivity contribution in [3.63, 3.8) is 0 Å². The van der Waals surface area contributed by atoms with Crippen molar-refractivity contribution in [3.05, 3.63) is 94.2 Å². The summed E-state index contributed by atoms with van der Waals surface area (Å²) >= 11 is 12.2. The normalized spacial score (nSPS) is 12.0. The van der Waals surface area contributed by atoms with E-state index in [1.165, 1.54) is 12.1 Å². The Kier molecular flexibility index (Phi) is 6.58. The predicted molar refractivity (Wildman–Crippen MR) is 120 cm³/mol. The van der Waals surface area contributed by atoms with Crippen molar-refractivity contribution < 1.29 is 13.6 Å². The molecule has 32 heavy (non-hydrogen) atoms. The zero-order chi connectivity index (χ0) is 22.7. The van der Waals surface area contributed by atoms with E-state index >= 15 is 0 Å². The zero-order valence-corrected chi connectivity index (χ0v) is 18.6. The Bertz CT molecular complexity index is 1240. The molecule has 9 heteroatoms. The lowest BCUT2D eigenvalue weighted by molar-refractivity contribution is -0.121. The van der Waals surface area contributed by atoms with Crippen molar-refractivity contribution in [2.75, 3.05) is 0 Å². The van der Waals surface area contributed by atoms with Gasteiger partial charge in [0.05, 0.1) is 11.2 Å². The van der Waals surface area contributed by atoms with E-state index in [0.717, 1.165) is 5.56 Å². The number of benzene rings is 2. The van der Waals surface area contributed by atoms with E-state index in [0.29, 0.717) is 39.5 Å². The number of carbonyl (C=O) groups excluding carboxylic acids is 1. The van der Waals surface area contributed by atoms with Crippen molar-refractivity contribution in [1.82, 2.24) is 19.9 Å². The Morgan fingerprint density at radius 2 is 1.97 bits per heavy atom. The number of halogens is 3. The average Bonchev–Trinajstić information content (AvgIpc) is 3.40. The van der Waals surface area contributed by atoms with Crippen LogP contribution in [0.4, 0.5) is 4.39 Å². The minimum atomic E-state index is -0.518. The summed E-state index contributed by atoms with van der Waals surface area (Å²) in [6, 6.07) is 10.5. The number of hydrogen-bond donors (Lipinski definition) is 1. The molecule has 0 fully saturated rings. The van der Waals surface area contributed by atoms with Crippen LogP contribution in [0.5, 0.6) is 0 Å². The summed E-state index contributed by atoms with van der Waals surface area (Å²) in [5.41, 5.74) is 1.40. The number of carbonyl (C=O) groups is 1. The second kappa shape index (κ2) is 9.54. The molecule has 1 unspecified atom stereocenters. The minimum absolute atomic E-state index is 0.149. The van der Waals surface area contributed by atoms with Crippen LogP contribution < -0.4 is 5.32 Å². The van der Waals surface area contributed by atoms with Gasteiger partial charge in [0.2, 0.25) is 5.91 Å². The van der Waals surface area contributed by atoms with Crippen molar-refractivity contribution in [2.45, 2.75) is 18.9 Å². The number of imidazole rings is 1. The Morgan fingerprint density at radius 1 is 1.19 bits per heavy atom. The van der Waals surface area contributed by atoms with Gasteiger partial charge in [-0.2, -0.15) is 0 Å². The van der Waals surface area contributed by atoms with Crippen LogP contribution in [0.3, 0.4) is 0 Å². The molecule has 2 aromatic carbocycles. The molecule has 0 saturated carbocycles. The van der Waals surface area contributed by atoms with Crippen LogP contribution in [-0.4, -0.2) is 20.4 Å². The lowest BCUT2D eigenvalue weighted by atomic mass is 10.1. The Morgan fingerprint density at radius 3 is 2.66 bits per heavy atom. The molecular weight excluding hydrogens is 454 g/mol. The topological polar surface area (TPSA) is 73.0 Å². The van der Waals surface area contributed by atoms with Crippen LogP contribution in [-0.2, 0) is 18.3 Å². The molecule has 4 aromatic rings. The maximum absolute atomic E-state index is 13.4. The number of hydrogen-bond acceptors (Lipinski definition) is 4. The molecule has 0 spiro atoms. The van der Waals surface area contributed by atoms with Crippen LogP contribution in [0.15, 0.2) is 65.5 Å². The number of amides is 1. The number of oxazole rings is 1. The Balaban J connectivity index is 1.44. The number of nitrogens with one attached hydrogen (secondary N) is 1. The molecule has 2 aromatic heterocycles. The first-order valence-electron chi connectivity index (χ1n) is 9.83. The summed E-state index contributed by atoms with van der Waals surface area (Å²) in [5, 5.41) is 3.95. The Labute approximate surface area is 194 Å². The number of aryl methyl sites for hydroxylation is 2. The molecule has 0 aliphatic heterocycles. The quantitative estimate of drug-likeness (QED) is 0.392. The van der Waals surface area contributed by atoms with Gasteiger partial charge in [0.1, 0.15) is 17.7 Å². The SMILES string of the molecule is Cn1ccnc1C(NC(=O)CCc1ncc(-c2ccc(Cl)cc2Cl)o1)c1ccc(F)cc1. The maximum atomic E-state index is 13.4. The van der Waals surface area contributed by atoms with Gasteiger partial charge in [0, 0.05) is 42.9 Å². The van der Waals surface area contributed by atoms with E-state index in [4.69, 9.17) is 27.6 Å². The molecule has 0 aliphatic rings. The van der Waals surface area contributed by atoms with Gasteiger partial charge in [-0.3, -0.25) is 4.79 Å². The van der Waals surface area contributed by atoms with E-state index < -0.39 is 6.04 Å². The van der Waals surface area contributed by atoms with Crippen LogP contribution in [0, 0.1) is 5.82 Å². The van der Waals surface area contributed by atoms with Gasteiger partial charge in [-0.1, -0.05) is 35.3 Å². The number of rotatable bonds is 7. The first-order chi connectivity index (χ1) is 15.4. The van der Waals surface area contributed by atoms with E-state index in [2.05, 4.69) is 15.3 Å². The van der Waals surface area contributed by atoms with Gasteiger partial charge in [-0.05, 0) is 35.9 Å². The van der Waals surface area contributed by atoms with E-state index in [1.54, 1.807) is 48.9 Å². The van der Waals surface area contributed by atoms with Crippen molar-refractivity contribution in [2.24, 2.45) is 7.05 Å². The summed E-state index contributed by atoms with van der Waals surface area (Å²) in [6.45, 7) is 0. The largest absolute Gasteiger partial charge is 0.441 e. The molecule has 0 saturated heterocycles. The third-order valence-corrected chi connectivity index (χ3v) is 5.49. The molecule has 2 heterocycles. The second-order valence-electron chi connectivity index (χ2n) is 7.19. The summed E-state index contributed by atoms with van der Waals surface area (Å²) in [6.07, 6.45) is 5.45. The van der Waals surface area contributed by atoms with Crippen LogP contribution >= 0.6 is 23.2 Å². The monoisotopic (exact) mass is 472 g/mol. The fourth-order valence-electron chi connectivity index (χ4n) is 3.30. The van der Waals surface area contributed by atoms with Crippen molar-refractivity contribution >= 4 is 29.1 Å². The van der Waals surface area contributed by atoms with E-state index in [1.807, 2.05) is 11.6 Å². The molecule has 0 aliphatic carbocycles. The number of aromatic nitrogens is 3. The van der Waals surface area contributed by atoms with Crippen molar-refractivity contribution in [3.8, 4) is 11.3 Å². The highest BCUT2D eigenvalue weighted by molar-refractivity contribution is 6.36. The molecule has 1 atom stereocenters. The molecule has 0 bridgehead atoms. The molecule has 1 amide bonds. The highest BCUT2D eigenvalue weighted by atomic mass is 35.5. The first-order valence-corrected chi connectivity index (χ1v) is 10.6. The molecule has 1 N–H and O–H groups in total. The summed E-state index contributed by atoms with van der Waals surface area (Å²) < 4.78 is 20.9. The molecule has 6 nitrogen and oxygen atoms in total. The van der Waals surface area contributed by atoms with Crippen LogP contribution in [0.25, 0.3) is 11.3 Å². The summed E-state index contributed by atoms with van der Waals surface area (Å²) in [7, 11) is 1.83. The molecule has 164 valence electrons. The van der Waals surface area contributed by atoms with Crippen LogP contribution in [0.2, 0.25) is 10.0 Å². The standard InChI is InChI=1S/C23H19Cl2FN4O2/c1-30-11-10-27-23(30)22(14-2-5-16(26)6-3-14)29-20(31)8-9-21-28-13-19(32-21)17-7-4-15(24)12-18(17)25/h2-7,10-13,22H,8-9H2,1H3,(H,29,31). The minimum Gasteiger partial charge on any atom is -0.441 e. The zero-order valence-electron chi connectivity index (χ0n) is 17.1. The lowest BCUT2D eigenvalue weighted by Gasteiger charge is -2.19. The Hall–Kier alpha value is -3.16. The highest BCUT2D eigenvalue weighted by Crippen LogP contribution is 2.31. The highest BCUT2D eigenvalue weighted by Gasteiger charge is 2.21. The lowest BCUT2D eigenvalue weighted by Crippen LogP contribution is -2.31. The molecular formula is C23H19Cl2FN4O2. The fraction of sp³-hybridized carbons (Fsp3) is 0.174. The average molecular weight is 473 g/mol. The third-order valence-electron chi connectivity index (χ3n) is 4.94. The molecule has 4 rings (SSSR count). The van der Waals surface area contributed by atoms with Gasteiger partial charge in [0.25, 0.3) is 0 Å². The van der Waals surface area contributed by atoms with E-state index in [9.17, 15) is 9.18 Å². The molecule has 0 radical (unpaired) electrons.